The summed E-state index contributed by atoms with van der Waals surface area (Å²) in [6.45, 7) is 3.03. The van der Waals surface area contributed by atoms with E-state index in [4.69, 9.17) is 4.74 Å². The van der Waals surface area contributed by atoms with E-state index in [1.54, 1.807) is 14.0 Å². The molecule has 0 aliphatic carbocycles. The zero-order valence-electron chi connectivity index (χ0n) is 17.3. The molecule has 0 radical (unpaired) electrons. The van der Waals surface area contributed by atoms with Crippen molar-refractivity contribution in [3.8, 4) is 5.75 Å². The quantitative estimate of drug-likeness (QED) is 0.488. The average Bonchev–Trinajstić information content (AvgIpc) is 2.77. The number of ether oxygens (including phenoxy) is 1. The SMILES string of the molecule is COc1ccc([C@H](CCN(Cc2ccccc2)C(C)=O)Cc2ccccc2)cc1. The summed E-state index contributed by atoms with van der Waals surface area (Å²) in [5, 5.41) is 0. The summed E-state index contributed by atoms with van der Waals surface area (Å²) >= 11 is 0. The van der Waals surface area contributed by atoms with Gasteiger partial charge in [0.05, 0.1) is 7.11 Å². The summed E-state index contributed by atoms with van der Waals surface area (Å²) in [7, 11) is 1.69. The third-order valence-corrected chi connectivity index (χ3v) is 5.32. The van der Waals surface area contributed by atoms with Gasteiger partial charge in [0.2, 0.25) is 5.91 Å². The third-order valence-electron chi connectivity index (χ3n) is 5.32. The van der Waals surface area contributed by atoms with E-state index in [0.29, 0.717) is 12.5 Å². The number of hydrogen-bond acceptors (Lipinski definition) is 2. The van der Waals surface area contributed by atoms with Gasteiger partial charge in [0, 0.05) is 20.0 Å². The van der Waals surface area contributed by atoms with Gasteiger partial charge in [-0.25, -0.2) is 0 Å². The molecule has 3 rings (SSSR count). The highest BCUT2D eigenvalue weighted by molar-refractivity contribution is 5.73. The minimum absolute atomic E-state index is 0.113. The van der Waals surface area contributed by atoms with Gasteiger partial charge in [-0.15, -0.1) is 0 Å². The summed E-state index contributed by atoms with van der Waals surface area (Å²) in [6.07, 6.45) is 1.86. The second kappa shape index (κ2) is 10.5. The monoisotopic (exact) mass is 387 g/mol. The zero-order valence-corrected chi connectivity index (χ0v) is 17.3. The van der Waals surface area contributed by atoms with Crippen LogP contribution in [0.3, 0.4) is 0 Å². The minimum Gasteiger partial charge on any atom is -0.497 e. The van der Waals surface area contributed by atoms with Crippen LogP contribution in [0.5, 0.6) is 5.75 Å². The van der Waals surface area contributed by atoms with Crippen molar-refractivity contribution < 1.29 is 9.53 Å². The van der Waals surface area contributed by atoms with Gasteiger partial charge in [0.25, 0.3) is 0 Å². The Balaban J connectivity index is 1.74. The normalized spacial score (nSPS) is 11.7. The molecular formula is C26H29NO2. The molecule has 0 aliphatic heterocycles. The highest BCUT2D eigenvalue weighted by Gasteiger charge is 2.17. The lowest BCUT2D eigenvalue weighted by atomic mass is 9.89. The maximum Gasteiger partial charge on any atom is 0.219 e. The first-order chi connectivity index (χ1) is 14.2. The highest BCUT2D eigenvalue weighted by atomic mass is 16.5. The van der Waals surface area contributed by atoms with Crippen molar-refractivity contribution in [1.29, 1.82) is 0 Å². The number of amides is 1. The first kappa shape index (κ1) is 20.7. The molecule has 0 aliphatic rings. The zero-order chi connectivity index (χ0) is 20.5. The molecule has 1 atom stereocenters. The van der Waals surface area contributed by atoms with Crippen LogP contribution in [0.4, 0.5) is 0 Å². The molecular weight excluding hydrogens is 358 g/mol. The van der Waals surface area contributed by atoms with E-state index in [1.165, 1.54) is 11.1 Å². The van der Waals surface area contributed by atoms with Crippen LogP contribution in [0, 0.1) is 0 Å². The van der Waals surface area contributed by atoms with Gasteiger partial charge in [-0.2, -0.15) is 0 Å². The van der Waals surface area contributed by atoms with Crippen molar-refractivity contribution in [2.45, 2.75) is 32.2 Å². The fourth-order valence-electron chi connectivity index (χ4n) is 3.62. The topological polar surface area (TPSA) is 29.5 Å². The van der Waals surface area contributed by atoms with Gasteiger partial charge >= 0.3 is 0 Å². The van der Waals surface area contributed by atoms with E-state index in [2.05, 4.69) is 48.5 Å². The van der Waals surface area contributed by atoms with Crippen molar-refractivity contribution in [2.24, 2.45) is 0 Å². The lowest BCUT2D eigenvalue weighted by Gasteiger charge is -2.25. The first-order valence-electron chi connectivity index (χ1n) is 10.1. The summed E-state index contributed by atoms with van der Waals surface area (Å²) in [4.78, 5) is 14.2. The van der Waals surface area contributed by atoms with Crippen molar-refractivity contribution in [3.63, 3.8) is 0 Å². The molecule has 3 aromatic rings. The van der Waals surface area contributed by atoms with Crippen LogP contribution in [0.1, 0.15) is 36.0 Å². The Hall–Kier alpha value is -3.07. The second-order valence-electron chi connectivity index (χ2n) is 7.37. The Kier molecular flexibility index (Phi) is 7.46. The van der Waals surface area contributed by atoms with Gasteiger partial charge in [-0.1, -0.05) is 72.8 Å². The van der Waals surface area contributed by atoms with Crippen LogP contribution < -0.4 is 4.74 Å². The average molecular weight is 388 g/mol. The van der Waals surface area contributed by atoms with Gasteiger partial charge < -0.3 is 9.64 Å². The van der Waals surface area contributed by atoms with Crippen LogP contribution in [0.15, 0.2) is 84.9 Å². The fourth-order valence-corrected chi connectivity index (χ4v) is 3.62. The molecule has 0 aromatic heterocycles. The Bertz CT molecular complexity index is 876. The van der Waals surface area contributed by atoms with Crippen LogP contribution in [0.25, 0.3) is 0 Å². The smallest absolute Gasteiger partial charge is 0.219 e. The molecule has 1 amide bonds. The molecule has 3 aromatic carbocycles. The minimum atomic E-state index is 0.113. The molecule has 3 heteroatoms. The van der Waals surface area contributed by atoms with E-state index < -0.39 is 0 Å². The van der Waals surface area contributed by atoms with E-state index in [9.17, 15) is 4.79 Å². The lowest BCUT2D eigenvalue weighted by molar-refractivity contribution is -0.129. The number of hydrogen-bond donors (Lipinski definition) is 0. The third kappa shape index (κ3) is 6.21. The molecule has 3 nitrogen and oxygen atoms in total. The first-order valence-corrected chi connectivity index (χ1v) is 10.1. The predicted molar refractivity (Wildman–Crippen MR) is 118 cm³/mol. The van der Waals surface area contributed by atoms with Crippen molar-refractivity contribution in [2.75, 3.05) is 13.7 Å². The van der Waals surface area contributed by atoms with Gasteiger partial charge in [0.1, 0.15) is 5.75 Å². The predicted octanol–water partition coefficient (Wildman–Crippen LogP) is 5.46. The molecule has 0 N–H and O–H groups in total. The number of methoxy groups -OCH3 is 1. The molecule has 0 bridgehead atoms. The number of benzene rings is 3. The fraction of sp³-hybridized carbons (Fsp3) is 0.269. The van der Waals surface area contributed by atoms with Crippen LogP contribution in [0.2, 0.25) is 0 Å². The molecule has 150 valence electrons. The van der Waals surface area contributed by atoms with Crippen LogP contribution in [-0.4, -0.2) is 24.5 Å². The van der Waals surface area contributed by atoms with Crippen molar-refractivity contribution in [3.05, 3.63) is 102 Å². The summed E-state index contributed by atoms with van der Waals surface area (Å²) in [6, 6.07) is 29.0. The lowest BCUT2D eigenvalue weighted by Crippen LogP contribution is -2.30. The van der Waals surface area contributed by atoms with Gasteiger partial charge in [-0.05, 0) is 47.6 Å². The van der Waals surface area contributed by atoms with E-state index in [0.717, 1.165) is 30.7 Å². The van der Waals surface area contributed by atoms with Gasteiger partial charge in [0.15, 0.2) is 0 Å². The van der Waals surface area contributed by atoms with E-state index in [1.807, 2.05) is 41.3 Å². The Morgan fingerprint density at radius 1 is 0.862 bits per heavy atom. The number of carbonyl (C=O) groups excluding carboxylic acids is 1. The molecule has 0 unspecified atom stereocenters. The number of nitrogens with zero attached hydrogens (tertiary/aromatic N) is 1. The van der Waals surface area contributed by atoms with Crippen molar-refractivity contribution in [1.82, 2.24) is 4.90 Å². The maximum atomic E-state index is 12.2. The number of carbonyl (C=O) groups is 1. The molecule has 0 saturated heterocycles. The Morgan fingerprint density at radius 2 is 1.45 bits per heavy atom. The summed E-state index contributed by atoms with van der Waals surface area (Å²) in [5.74, 6) is 1.31. The Labute approximate surface area is 174 Å². The molecule has 0 fully saturated rings. The van der Waals surface area contributed by atoms with E-state index in [-0.39, 0.29) is 5.91 Å². The van der Waals surface area contributed by atoms with Crippen LogP contribution in [-0.2, 0) is 17.8 Å². The van der Waals surface area contributed by atoms with Crippen molar-refractivity contribution >= 4 is 5.91 Å². The summed E-state index contributed by atoms with van der Waals surface area (Å²) in [5.41, 5.74) is 3.75. The van der Waals surface area contributed by atoms with Gasteiger partial charge in [-0.3, -0.25) is 4.79 Å². The second-order valence-corrected chi connectivity index (χ2v) is 7.37. The molecule has 0 heterocycles. The largest absolute Gasteiger partial charge is 0.497 e. The Morgan fingerprint density at radius 3 is 2.00 bits per heavy atom. The molecule has 0 saturated carbocycles. The van der Waals surface area contributed by atoms with E-state index >= 15 is 0 Å². The number of rotatable bonds is 9. The summed E-state index contributed by atoms with van der Waals surface area (Å²) < 4.78 is 5.31. The molecule has 0 spiro atoms. The van der Waals surface area contributed by atoms with Crippen LogP contribution >= 0.6 is 0 Å². The molecule has 29 heavy (non-hydrogen) atoms. The highest BCUT2D eigenvalue weighted by Crippen LogP contribution is 2.27. The standard InChI is InChI=1S/C26H29NO2/c1-21(28)27(20-23-11-7-4-8-12-23)18-17-25(19-22-9-5-3-6-10-22)24-13-15-26(29-2)16-14-24/h3-16,25H,17-20H2,1-2H3/t25-/m1/s1. The maximum absolute atomic E-state index is 12.2.